The Morgan fingerprint density at radius 3 is 1.27 bits per heavy atom. The minimum atomic E-state index is -0.177. The summed E-state index contributed by atoms with van der Waals surface area (Å²) in [4.78, 5) is 0. The predicted molar refractivity (Wildman–Crippen MR) is 199 cm³/mol. The first-order valence-corrected chi connectivity index (χ1v) is 19.0. The molecule has 0 heterocycles. The summed E-state index contributed by atoms with van der Waals surface area (Å²) in [5.74, 6) is 2.26. The monoisotopic (exact) mass is 716 g/mol. The normalized spacial score (nSPS) is 14.0. The molecule has 0 fully saturated rings. The molecule has 268 valence electrons. The predicted octanol–water partition coefficient (Wildman–Crippen LogP) is 5.88. The van der Waals surface area contributed by atoms with E-state index in [2.05, 4.69) is 63.6 Å². The average molecular weight is 717 g/mol. The third-order valence-electron chi connectivity index (χ3n) is 7.13. The highest BCUT2D eigenvalue weighted by molar-refractivity contribution is 7.80. The van der Waals surface area contributed by atoms with Crippen molar-refractivity contribution >= 4 is 60.0 Å². The van der Waals surface area contributed by atoms with Gasteiger partial charge in [-0.1, -0.05) is 66.2 Å². The van der Waals surface area contributed by atoms with Gasteiger partial charge in [-0.25, -0.2) is 0 Å². The summed E-state index contributed by atoms with van der Waals surface area (Å²) >= 11 is 19.3. The molecule has 0 spiro atoms. The average Bonchev–Trinajstić information content (AvgIpc) is 3.05. The number of hydrogen-bond acceptors (Lipinski definition) is 11. The van der Waals surface area contributed by atoms with Gasteiger partial charge in [0.15, 0.2) is 0 Å². The van der Waals surface area contributed by atoms with E-state index in [1.165, 1.54) is 38.5 Å². The molecular formula is C32H64N2O7S4. The van der Waals surface area contributed by atoms with Crippen molar-refractivity contribution < 1.29 is 33.2 Å². The maximum atomic E-state index is 5.88. The van der Waals surface area contributed by atoms with Crippen LogP contribution in [0.25, 0.3) is 0 Å². The number of hydrogen-bond donors (Lipinski definition) is 4. The van der Waals surface area contributed by atoms with E-state index < -0.39 is 0 Å². The third kappa shape index (κ3) is 28.6. The van der Waals surface area contributed by atoms with Crippen LogP contribution < -0.4 is 10.6 Å². The molecule has 0 radical (unpaired) electrons. The zero-order valence-corrected chi connectivity index (χ0v) is 31.9. The van der Waals surface area contributed by atoms with Gasteiger partial charge in [-0.2, -0.15) is 25.3 Å². The van der Waals surface area contributed by atoms with Gasteiger partial charge >= 0.3 is 0 Å². The minimum Gasteiger partial charge on any atom is -0.464 e. The second-order valence-corrected chi connectivity index (χ2v) is 12.5. The lowest BCUT2D eigenvalue weighted by molar-refractivity contribution is 0.0153. The zero-order valence-electron chi connectivity index (χ0n) is 28.4. The molecule has 45 heavy (non-hydrogen) atoms. The van der Waals surface area contributed by atoms with Gasteiger partial charge in [0.05, 0.1) is 52.9 Å². The van der Waals surface area contributed by atoms with Crippen LogP contribution in [-0.2, 0) is 33.2 Å². The minimum absolute atomic E-state index is 0.177. The van der Waals surface area contributed by atoms with Gasteiger partial charge in [-0.3, -0.25) is 0 Å². The van der Waals surface area contributed by atoms with E-state index in [4.69, 9.17) is 57.6 Å². The van der Waals surface area contributed by atoms with Gasteiger partial charge in [-0.05, 0) is 49.1 Å². The van der Waals surface area contributed by atoms with Crippen LogP contribution in [0.15, 0.2) is 0 Å². The van der Waals surface area contributed by atoms with Gasteiger partial charge in [0.2, 0.25) is 0 Å². The molecule has 4 atom stereocenters. The molecule has 2 N–H and O–H groups in total. The summed E-state index contributed by atoms with van der Waals surface area (Å²) in [6.07, 6.45) is 9.21. The van der Waals surface area contributed by atoms with Crippen molar-refractivity contribution in [2.24, 2.45) is 11.8 Å². The zero-order chi connectivity index (χ0) is 33.4. The van der Waals surface area contributed by atoms with Gasteiger partial charge in [-0.15, -0.1) is 0 Å². The number of thiol groups is 2. The highest BCUT2D eigenvalue weighted by Gasteiger charge is 2.14. The highest BCUT2D eigenvalue weighted by atomic mass is 32.1. The SMILES string of the molecule is CCCCC(CC)COCC(CS)OC(=S)NCCOCCOCCOCCNC(=S)OC(CS)COCC(CC)CCCC. The van der Waals surface area contributed by atoms with Crippen LogP contribution >= 0.6 is 49.7 Å². The van der Waals surface area contributed by atoms with Gasteiger partial charge in [0, 0.05) is 37.8 Å². The Kier molecular flexibility index (Phi) is 33.7. The summed E-state index contributed by atoms with van der Waals surface area (Å²) in [6.45, 7) is 15.4. The van der Waals surface area contributed by atoms with Crippen LogP contribution in [0.2, 0.25) is 0 Å². The molecule has 0 aliphatic carbocycles. The fraction of sp³-hybridized carbons (Fsp3) is 0.938. The second-order valence-electron chi connectivity index (χ2n) is 11.0. The summed E-state index contributed by atoms with van der Waals surface area (Å²) in [5.41, 5.74) is 0. The Labute approximate surface area is 296 Å². The van der Waals surface area contributed by atoms with E-state index in [-0.39, 0.29) is 12.2 Å². The van der Waals surface area contributed by atoms with E-state index >= 15 is 0 Å². The number of rotatable bonds is 32. The van der Waals surface area contributed by atoms with Crippen molar-refractivity contribution in [3.63, 3.8) is 0 Å². The van der Waals surface area contributed by atoms with Crippen molar-refractivity contribution in [3.05, 3.63) is 0 Å². The Bertz CT molecular complexity index is 631. The fourth-order valence-electron chi connectivity index (χ4n) is 4.16. The van der Waals surface area contributed by atoms with E-state index in [0.29, 0.717) is 99.6 Å². The largest absolute Gasteiger partial charge is 0.464 e. The molecule has 0 aromatic rings. The first kappa shape index (κ1) is 44.9. The quantitative estimate of drug-likeness (QED) is 0.0383. The van der Waals surface area contributed by atoms with Crippen LogP contribution in [0.5, 0.6) is 0 Å². The Morgan fingerprint density at radius 2 is 0.933 bits per heavy atom. The number of nitrogens with one attached hydrogen (secondary N) is 2. The maximum Gasteiger partial charge on any atom is 0.257 e. The molecule has 0 aromatic heterocycles. The molecule has 13 heteroatoms. The van der Waals surface area contributed by atoms with E-state index in [1.54, 1.807) is 0 Å². The summed E-state index contributed by atoms with van der Waals surface area (Å²) in [7, 11) is 0. The van der Waals surface area contributed by atoms with Crippen LogP contribution in [0.3, 0.4) is 0 Å². The second kappa shape index (κ2) is 33.8. The molecule has 0 saturated heterocycles. The summed E-state index contributed by atoms with van der Waals surface area (Å²) < 4.78 is 40.0. The van der Waals surface area contributed by atoms with Crippen LogP contribution in [0.1, 0.15) is 79.1 Å². The smallest absolute Gasteiger partial charge is 0.257 e. The van der Waals surface area contributed by atoms with Crippen molar-refractivity contribution in [1.29, 1.82) is 0 Å². The molecule has 9 nitrogen and oxygen atoms in total. The number of ether oxygens (including phenoxy) is 7. The van der Waals surface area contributed by atoms with E-state index in [9.17, 15) is 0 Å². The first-order chi connectivity index (χ1) is 21.9. The topological polar surface area (TPSA) is 88.7 Å². The lowest BCUT2D eigenvalue weighted by Crippen LogP contribution is -2.34. The van der Waals surface area contributed by atoms with Crippen LogP contribution in [0.4, 0.5) is 0 Å². The Balaban J connectivity index is 3.68. The molecule has 0 amide bonds. The highest BCUT2D eigenvalue weighted by Crippen LogP contribution is 2.14. The molecule has 0 rings (SSSR count). The molecule has 0 bridgehead atoms. The molecule has 0 aliphatic rings. The van der Waals surface area contributed by atoms with Crippen LogP contribution in [0, 0.1) is 11.8 Å². The number of unbranched alkanes of at least 4 members (excludes halogenated alkanes) is 2. The molecule has 4 unspecified atom stereocenters. The van der Waals surface area contributed by atoms with Gasteiger partial charge in [0.25, 0.3) is 10.3 Å². The Hall–Kier alpha value is -0.120. The standard InChI is InChI=1S/C32H64N2O7S4/c1-5-9-11-27(7-3)21-38-23-29(25-42)40-31(44)33-13-15-35-17-19-37-20-18-36-16-14-34-32(45)41-30(26-43)24-39-22-28(8-4)12-10-6-2/h27-30,42-43H,5-26H2,1-4H3,(H,33,44)(H,34,45). The van der Waals surface area contributed by atoms with Gasteiger partial charge in [0.1, 0.15) is 12.2 Å². The maximum absolute atomic E-state index is 5.88. The summed E-state index contributed by atoms with van der Waals surface area (Å²) in [5, 5.41) is 6.79. The lowest BCUT2D eigenvalue weighted by Gasteiger charge is -2.20. The van der Waals surface area contributed by atoms with Crippen LogP contribution in [-0.4, -0.2) is 113 Å². The van der Waals surface area contributed by atoms with E-state index in [0.717, 1.165) is 26.1 Å². The lowest BCUT2D eigenvalue weighted by atomic mass is 10.0. The van der Waals surface area contributed by atoms with Gasteiger partial charge < -0.3 is 43.8 Å². The molecular weight excluding hydrogens is 653 g/mol. The van der Waals surface area contributed by atoms with Crippen molar-refractivity contribution in [1.82, 2.24) is 10.6 Å². The summed E-state index contributed by atoms with van der Waals surface area (Å²) in [6, 6.07) is 0. The van der Waals surface area contributed by atoms with Crippen molar-refractivity contribution in [2.45, 2.75) is 91.3 Å². The number of thiocarbonyl (C=S) groups is 2. The van der Waals surface area contributed by atoms with Crippen molar-refractivity contribution in [2.75, 3.05) is 90.7 Å². The fourth-order valence-corrected chi connectivity index (χ4v) is 4.99. The molecule has 0 saturated carbocycles. The first-order valence-electron chi connectivity index (χ1n) is 16.9. The molecule has 0 aromatic carbocycles. The Morgan fingerprint density at radius 1 is 0.556 bits per heavy atom. The van der Waals surface area contributed by atoms with E-state index in [1.807, 2.05) is 0 Å². The third-order valence-corrected chi connectivity index (χ3v) is 8.43. The molecule has 0 aliphatic heterocycles. The van der Waals surface area contributed by atoms with Crippen molar-refractivity contribution in [3.8, 4) is 0 Å².